The van der Waals surface area contributed by atoms with E-state index in [-0.39, 0.29) is 24.4 Å². The lowest BCUT2D eigenvalue weighted by Gasteiger charge is -2.26. The largest absolute Gasteiger partial charge is 0.462 e. The maximum atomic E-state index is 12.3. The molecule has 0 amide bonds. The summed E-state index contributed by atoms with van der Waals surface area (Å²) in [6, 6.07) is 24.7. The number of carbonyl (C=O) groups excluding carboxylic acids is 2. The lowest BCUT2D eigenvalue weighted by atomic mass is 10.1. The highest BCUT2D eigenvalue weighted by Crippen LogP contribution is 2.35. The number of hydrogen-bond acceptors (Lipinski definition) is 5. The maximum Gasteiger partial charge on any atom is 0.338 e. The third-order valence-electron chi connectivity index (χ3n) is 5.79. The Kier molecular flexibility index (Phi) is 6.93. The molecule has 0 N–H and O–H groups in total. The van der Waals surface area contributed by atoms with Gasteiger partial charge in [0.15, 0.2) is 0 Å². The van der Waals surface area contributed by atoms with Crippen molar-refractivity contribution in [3.8, 4) is 0 Å². The van der Waals surface area contributed by atoms with E-state index < -0.39 is 11.9 Å². The van der Waals surface area contributed by atoms with E-state index in [1.807, 2.05) is 24.3 Å². The van der Waals surface area contributed by atoms with Crippen LogP contribution in [0.1, 0.15) is 16.7 Å². The molecule has 3 aliphatic rings. The summed E-state index contributed by atoms with van der Waals surface area (Å²) < 4.78 is 10.6. The fourth-order valence-corrected chi connectivity index (χ4v) is 3.71. The number of carbonyl (C=O) groups is 2. The monoisotopic (exact) mass is 453 g/mol. The summed E-state index contributed by atoms with van der Waals surface area (Å²) in [7, 11) is 0. The van der Waals surface area contributed by atoms with E-state index in [0.29, 0.717) is 12.8 Å². The molecule has 4 bridgehead atoms. The van der Waals surface area contributed by atoms with Gasteiger partial charge in [-0.25, -0.2) is 9.59 Å². The number of rotatable bonds is 1. The summed E-state index contributed by atoms with van der Waals surface area (Å²) in [5.74, 6) is -1.34. The minimum absolute atomic E-state index is 0.0867. The highest BCUT2D eigenvalue weighted by molar-refractivity contribution is 6.06. The molecule has 0 saturated heterocycles. The van der Waals surface area contributed by atoms with Crippen molar-refractivity contribution in [3.63, 3.8) is 0 Å². The first-order chi connectivity index (χ1) is 16.4. The molecular formula is C29H27NO4. The Balaban J connectivity index is 1.68. The highest BCUT2D eigenvalue weighted by Gasteiger charge is 2.20. The zero-order valence-corrected chi connectivity index (χ0v) is 19.3. The number of hydrogen-bond donors (Lipinski definition) is 0. The molecule has 0 fully saturated rings. The van der Waals surface area contributed by atoms with Gasteiger partial charge in [-0.3, -0.25) is 0 Å². The molecular weight excluding hydrogens is 426 g/mol. The van der Waals surface area contributed by atoms with Crippen molar-refractivity contribution < 1.29 is 19.1 Å². The molecule has 3 aromatic rings. The van der Waals surface area contributed by atoms with E-state index in [1.54, 1.807) is 0 Å². The number of nitrogens with zero attached hydrogens (tertiary/aromatic N) is 1. The van der Waals surface area contributed by atoms with Crippen molar-refractivity contribution >= 4 is 29.0 Å². The van der Waals surface area contributed by atoms with Crippen LogP contribution in [-0.2, 0) is 31.9 Å². The van der Waals surface area contributed by atoms with Crippen molar-refractivity contribution in [2.45, 2.75) is 19.8 Å². The molecule has 34 heavy (non-hydrogen) atoms. The molecule has 0 spiro atoms. The summed E-state index contributed by atoms with van der Waals surface area (Å²) in [4.78, 5) is 26.7. The summed E-state index contributed by atoms with van der Waals surface area (Å²) in [5.41, 5.74) is 6.17. The van der Waals surface area contributed by atoms with Crippen LogP contribution in [0.25, 0.3) is 0 Å². The van der Waals surface area contributed by atoms with Crippen LogP contribution in [0.2, 0.25) is 0 Å². The zero-order chi connectivity index (χ0) is 24.1. The minimum atomic E-state index is -0.669. The van der Waals surface area contributed by atoms with Gasteiger partial charge in [0.2, 0.25) is 0 Å². The van der Waals surface area contributed by atoms with Crippen LogP contribution in [0.4, 0.5) is 17.1 Å². The van der Waals surface area contributed by atoms with Gasteiger partial charge in [-0.05, 0) is 54.4 Å². The second-order valence-corrected chi connectivity index (χ2v) is 8.23. The number of ether oxygens (including phenoxy) is 2. The predicted octanol–water partition coefficient (Wildman–Crippen LogP) is 5.76. The average Bonchev–Trinajstić information content (AvgIpc) is 2.85. The summed E-state index contributed by atoms with van der Waals surface area (Å²) in [6.45, 7) is 9.70. The van der Waals surface area contributed by atoms with E-state index in [2.05, 4.69) is 73.5 Å². The molecule has 3 aliphatic heterocycles. The van der Waals surface area contributed by atoms with Crippen LogP contribution in [0.15, 0.2) is 97.1 Å². The van der Waals surface area contributed by atoms with Gasteiger partial charge in [-0.1, -0.05) is 55.1 Å². The zero-order valence-electron chi connectivity index (χ0n) is 19.3. The normalized spacial score (nSPS) is 15.4. The highest BCUT2D eigenvalue weighted by atomic mass is 16.5. The second-order valence-electron chi connectivity index (χ2n) is 8.23. The molecule has 0 radical (unpaired) electrons. The molecule has 3 heterocycles. The van der Waals surface area contributed by atoms with Crippen LogP contribution < -0.4 is 4.90 Å². The molecule has 0 aromatic heterocycles. The summed E-state index contributed by atoms with van der Waals surface area (Å²) in [5, 5.41) is 0. The fourth-order valence-electron chi connectivity index (χ4n) is 3.71. The SMILES string of the molecule is C=C1C(=C)C(=O)OCCc2ccc(cc2)N(c2ccc(C)cc2)c2ccc(cc2)CCOC1=O. The van der Waals surface area contributed by atoms with Crippen molar-refractivity contribution in [3.05, 3.63) is 114 Å². The molecule has 172 valence electrons. The van der Waals surface area contributed by atoms with Gasteiger partial charge in [-0.2, -0.15) is 0 Å². The Bertz CT molecular complexity index is 1130. The minimum Gasteiger partial charge on any atom is -0.462 e. The number of esters is 2. The van der Waals surface area contributed by atoms with Crippen molar-refractivity contribution in [1.29, 1.82) is 0 Å². The van der Waals surface area contributed by atoms with Gasteiger partial charge in [-0.15, -0.1) is 0 Å². The maximum absolute atomic E-state index is 12.3. The third-order valence-corrected chi connectivity index (χ3v) is 5.79. The Hall–Kier alpha value is -4.12. The van der Waals surface area contributed by atoms with E-state index in [4.69, 9.17) is 9.47 Å². The van der Waals surface area contributed by atoms with E-state index in [1.165, 1.54) is 5.56 Å². The van der Waals surface area contributed by atoms with Gasteiger partial charge in [0.05, 0.1) is 24.4 Å². The van der Waals surface area contributed by atoms with Gasteiger partial charge < -0.3 is 14.4 Å². The molecule has 0 saturated carbocycles. The van der Waals surface area contributed by atoms with Crippen molar-refractivity contribution in [1.82, 2.24) is 0 Å². The Labute approximate surface area is 199 Å². The lowest BCUT2D eigenvalue weighted by Crippen LogP contribution is -2.17. The smallest absolute Gasteiger partial charge is 0.338 e. The first kappa shape index (κ1) is 23.1. The molecule has 0 unspecified atom stereocenters. The number of fused-ring (bicyclic) bond motifs is 2. The van der Waals surface area contributed by atoms with Gasteiger partial charge in [0, 0.05) is 29.9 Å². The van der Waals surface area contributed by atoms with Crippen LogP contribution in [0, 0.1) is 6.92 Å². The lowest BCUT2D eigenvalue weighted by molar-refractivity contribution is -0.142. The fraction of sp³-hybridized carbons (Fsp3) is 0.172. The second kappa shape index (κ2) is 10.2. The van der Waals surface area contributed by atoms with E-state index in [0.717, 1.165) is 28.2 Å². The number of benzene rings is 3. The van der Waals surface area contributed by atoms with Crippen LogP contribution in [-0.4, -0.2) is 25.2 Å². The van der Waals surface area contributed by atoms with Gasteiger partial charge >= 0.3 is 11.9 Å². The molecule has 0 aliphatic carbocycles. The third kappa shape index (κ3) is 5.26. The molecule has 3 aromatic carbocycles. The van der Waals surface area contributed by atoms with E-state index >= 15 is 0 Å². The summed E-state index contributed by atoms with van der Waals surface area (Å²) >= 11 is 0. The Morgan fingerprint density at radius 2 is 0.971 bits per heavy atom. The average molecular weight is 454 g/mol. The number of anilines is 3. The molecule has 0 atom stereocenters. The van der Waals surface area contributed by atoms with Crippen LogP contribution in [0.3, 0.4) is 0 Å². The van der Waals surface area contributed by atoms with Crippen LogP contribution in [0.5, 0.6) is 0 Å². The Morgan fingerprint density at radius 3 is 1.35 bits per heavy atom. The quantitative estimate of drug-likeness (QED) is 0.346. The standard InChI is InChI=1S/C29H27NO4/c1-20-4-10-25(11-5-20)30-26-12-6-23(7-13-26)16-18-33-28(31)21(2)22(3)29(32)34-19-17-24-8-14-27(30)15-9-24/h4-15H,2-3,16-19H2,1H3. The first-order valence-electron chi connectivity index (χ1n) is 11.2. The number of aryl methyl sites for hydroxylation is 1. The molecule has 5 nitrogen and oxygen atoms in total. The van der Waals surface area contributed by atoms with Crippen molar-refractivity contribution in [2.24, 2.45) is 0 Å². The molecule has 5 heteroatoms. The first-order valence-corrected chi connectivity index (χ1v) is 11.2. The van der Waals surface area contributed by atoms with Crippen LogP contribution >= 0.6 is 0 Å². The summed E-state index contributed by atoms with van der Waals surface area (Å²) in [6.07, 6.45) is 1.07. The van der Waals surface area contributed by atoms with Gasteiger partial charge in [0.1, 0.15) is 0 Å². The predicted molar refractivity (Wildman–Crippen MR) is 133 cm³/mol. The van der Waals surface area contributed by atoms with E-state index in [9.17, 15) is 9.59 Å². The van der Waals surface area contributed by atoms with Crippen molar-refractivity contribution in [2.75, 3.05) is 18.1 Å². The Morgan fingerprint density at radius 1 is 0.618 bits per heavy atom. The van der Waals surface area contributed by atoms with Gasteiger partial charge in [0.25, 0.3) is 0 Å². The topological polar surface area (TPSA) is 55.8 Å². The molecule has 6 rings (SSSR count).